The summed E-state index contributed by atoms with van der Waals surface area (Å²) in [5.41, 5.74) is 7.48. The van der Waals surface area contributed by atoms with Crippen LogP contribution in [0.1, 0.15) is 63.3 Å². The van der Waals surface area contributed by atoms with Crippen molar-refractivity contribution in [2.75, 3.05) is 0 Å². The van der Waals surface area contributed by atoms with Crippen molar-refractivity contribution in [3.63, 3.8) is 0 Å². The molecule has 0 aliphatic rings. The number of rotatable bonds is 8. The highest BCUT2D eigenvalue weighted by Gasteiger charge is 2.23. The normalized spacial score (nSPS) is 12.6. The lowest BCUT2D eigenvalue weighted by atomic mass is 9.91. The van der Waals surface area contributed by atoms with Crippen LogP contribution in [0.2, 0.25) is 0 Å². The van der Waals surface area contributed by atoms with Gasteiger partial charge in [-0.2, -0.15) is 0 Å². The van der Waals surface area contributed by atoms with Crippen LogP contribution in [0.3, 0.4) is 0 Å². The molecular formula is C30H36N2O2. The fourth-order valence-corrected chi connectivity index (χ4v) is 4.90. The average molecular weight is 457 g/mol. The van der Waals surface area contributed by atoms with E-state index >= 15 is 0 Å². The van der Waals surface area contributed by atoms with Crippen molar-refractivity contribution in [1.82, 2.24) is 9.55 Å². The first-order valence-corrected chi connectivity index (χ1v) is 12.4. The quantitative estimate of drug-likeness (QED) is 0.297. The number of aryl methyl sites for hydroxylation is 2. The first kappa shape index (κ1) is 24.0. The zero-order chi connectivity index (χ0) is 24.4. The van der Waals surface area contributed by atoms with Crippen molar-refractivity contribution >= 4 is 10.9 Å². The molecule has 0 aliphatic heterocycles. The highest BCUT2D eigenvalue weighted by atomic mass is 16.5. The lowest BCUT2D eigenvalue weighted by Crippen LogP contribution is -2.10. The van der Waals surface area contributed by atoms with E-state index in [0.29, 0.717) is 0 Å². The topological polar surface area (TPSA) is 47.3 Å². The van der Waals surface area contributed by atoms with E-state index in [9.17, 15) is 5.11 Å². The largest absolute Gasteiger partial charge is 0.491 e. The molecule has 0 radical (unpaired) electrons. The summed E-state index contributed by atoms with van der Waals surface area (Å²) in [4.78, 5) is 4.87. The fraction of sp³-hybridized carbons (Fsp3) is 0.367. The summed E-state index contributed by atoms with van der Waals surface area (Å²) in [7, 11) is 0. The molecule has 4 heteroatoms. The Balaban J connectivity index is 1.89. The van der Waals surface area contributed by atoms with Crippen LogP contribution in [0.5, 0.6) is 5.75 Å². The van der Waals surface area contributed by atoms with Crippen molar-refractivity contribution in [1.29, 1.82) is 0 Å². The maximum atomic E-state index is 11.4. The molecule has 2 heterocycles. The second kappa shape index (κ2) is 10.0. The van der Waals surface area contributed by atoms with Gasteiger partial charge in [-0.1, -0.05) is 44.9 Å². The van der Waals surface area contributed by atoms with Gasteiger partial charge >= 0.3 is 0 Å². The van der Waals surface area contributed by atoms with Crippen LogP contribution in [0.25, 0.3) is 27.8 Å². The van der Waals surface area contributed by atoms with E-state index < -0.39 is 6.10 Å². The standard InChI is InChI=1S/C30H36N2O2/c1-7-22(8-2)30(33)26-18-32(23-12-14-24(15-13-23)34-19(3)4)28-17-31-27(16-25(26)28)29-20(5)10-9-11-21(29)6/h9-19,22,30,33H,7-8H2,1-6H3. The van der Waals surface area contributed by atoms with Gasteiger partial charge in [-0.15, -0.1) is 0 Å². The molecule has 1 unspecified atom stereocenters. The van der Waals surface area contributed by atoms with Gasteiger partial charge in [0.1, 0.15) is 5.75 Å². The maximum Gasteiger partial charge on any atom is 0.119 e. The predicted molar refractivity (Wildman–Crippen MR) is 141 cm³/mol. The molecule has 178 valence electrons. The van der Waals surface area contributed by atoms with E-state index in [0.717, 1.165) is 52.0 Å². The van der Waals surface area contributed by atoms with Gasteiger partial charge in [0.15, 0.2) is 0 Å². The number of nitrogens with zero attached hydrogens (tertiary/aromatic N) is 2. The number of aliphatic hydroxyl groups is 1. The number of benzene rings is 2. The number of hydrogen-bond donors (Lipinski definition) is 1. The van der Waals surface area contributed by atoms with Gasteiger partial charge in [0.25, 0.3) is 0 Å². The lowest BCUT2D eigenvalue weighted by Gasteiger charge is -2.19. The first-order valence-electron chi connectivity index (χ1n) is 12.4. The Kier molecular flexibility index (Phi) is 7.08. The molecule has 1 N–H and O–H groups in total. The highest BCUT2D eigenvalue weighted by molar-refractivity contribution is 5.89. The van der Waals surface area contributed by atoms with Gasteiger partial charge in [0.05, 0.1) is 29.6 Å². The molecular weight excluding hydrogens is 420 g/mol. The number of hydrogen-bond acceptors (Lipinski definition) is 3. The second-order valence-electron chi connectivity index (χ2n) is 9.49. The zero-order valence-electron chi connectivity index (χ0n) is 21.2. The summed E-state index contributed by atoms with van der Waals surface area (Å²) in [5, 5.41) is 12.4. The second-order valence-corrected chi connectivity index (χ2v) is 9.49. The maximum absolute atomic E-state index is 11.4. The van der Waals surface area contributed by atoms with E-state index in [1.54, 1.807) is 0 Å². The summed E-state index contributed by atoms with van der Waals surface area (Å²) in [6.45, 7) is 12.6. The van der Waals surface area contributed by atoms with E-state index in [4.69, 9.17) is 9.72 Å². The number of ether oxygens (including phenoxy) is 1. The minimum atomic E-state index is -0.532. The van der Waals surface area contributed by atoms with Gasteiger partial charge in [-0.25, -0.2) is 0 Å². The minimum Gasteiger partial charge on any atom is -0.491 e. The molecule has 0 fully saturated rings. The molecule has 0 aliphatic carbocycles. The van der Waals surface area contributed by atoms with E-state index in [2.05, 4.69) is 74.9 Å². The van der Waals surface area contributed by atoms with Crippen molar-refractivity contribution < 1.29 is 9.84 Å². The minimum absolute atomic E-state index is 0.132. The Labute approximate surface area is 203 Å². The van der Waals surface area contributed by atoms with Crippen LogP contribution >= 0.6 is 0 Å². The van der Waals surface area contributed by atoms with Crippen LogP contribution in [-0.4, -0.2) is 20.8 Å². The van der Waals surface area contributed by atoms with Gasteiger partial charge in [0, 0.05) is 28.4 Å². The Bertz CT molecular complexity index is 1250. The van der Waals surface area contributed by atoms with E-state index in [1.807, 2.05) is 32.2 Å². The molecule has 1 atom stereocenters. The van der Waals surface area contributed by atoms with Gasteiger partial charge in [-0.3, -0.25) is 4.98 Å². The highest BCUT2D eigenvalue weighted by Crippen LogP contribution is 2.37. The summed E-state index contributed by atoms with van der Waals surface area (Å²) >= 11 is 0. The van der Waals surface area contributed by atoms with Crippen molar-refractivity contribution in [3.8, 4) is 22.7 Å². The van der Waals surface area contributed by atoms with Crippen molar-refractivity contribution in [2.24, 2.45) is 5.92 Å². The third-order valence-electron chi connectivity index (χ3n) is 6.76. The smallest absolute Gasteiger partial charge is 0.119 e. The number of fused-ring (bicyclic) bond motifs is 1. The average Bonchev–Trinajstić information content (AvgIpc) is 3.19. The van der Waals surface area contributed by atoms with Crippen LogP contribution < -0.4 is 4.74 Å². The summed E-state index contributed by atoms with van der Waals surface area (Å²) in [6.07, 6.45) is 5.49. The van der Waals surface area contributed by atoms with Gasteiger partial charge < -0.3 is 14.4 Å². The molecule has 0 amide bonds. The Morgan fingerprint density at radius 3 is 2.21 bits per heavy atom. The SMILES string of the molecule is CCC(CC)C(O)c1cn(-c2ccc(OC(C)C)cc2)c2cnc(-c3c(C)cccc3C)cc12. The molecule has 4 rings (SSSR count). The van der Waals surface area contributed by atoms with E-state index in [-0.39, 0.29) is 12.0 Å². The molecule has 2 aromatic heterocycles. The Morgan fingerprint density at radius 2 is 1.62 bits per heavy atom. The lowest BCUT2D eigenvalue weighted by molar-refractivity contribution is 0.104. The number of aliphatic hydroxyl groups excluding tert-OH is 1. The van der Waals surface area contributed by atoms with Crippen molar-refractivity contribution in [2.45, 2.75) is 66.6 Å². The van der Waals surface area contributed by atoms with Crippen LogP contribution in [-0.2, 0) is 0 Å². The summed E-state index contributed by atoms with van der Waals surface area (Å²) in [5.74, 6) is 1.06. The van der Waals surface area contributed by atoms with Crippen LogP contribution in [0.4, 0.5) is 0 Å². The van der Waals surface area contributed by atoms with E-state index in [1.165, 1.54) is 11.1 Å². The molecule has 0 spiro atoms. The Morgan fingerprint density at radius 1 is 0.971 bits per heavy atom. The van der Waals surface area contributed by atoms with Crippen LogP contribution in [0.15, 0.2) is 60.9 Å². The van der Waals surface area contributed by atoms with Crippen molar-refractivity contribution in [3.05, 3.63) is 77.6 Å². The number of aromatic nitrogens is 2. The predicted octanol–water partition coefficient (Wildman–Crippen LogP) is 7.57. The Hall–Kier alpha value is -3.11. The fourth-order valence-electron chi connectivity index (χ4n) is 4.90. The van der Waals surface area contributed by atoms with Gasteiger partial charge in [0.2, 0.25) is 0 Å². The summed E-state index contributed by atoms with van der Waals surface area (Å²) in [6, 6.07) is 16.6. The molecule has 0 saturated heterocycles. The molecule has 4 nitrogen and oxygen atoms in total. The van der Waals surface area contributed by atoms with Gasteiger partial charge in [-0.05, 0) is 75.1 Å². The third kappa shape index (κ3) is 4.60. The molecule has 0 bridgehead atoms. The molecule has 0 saturated carbocycles. The zero-order valence-corrected chi connectivity index (χ0v) is 21.2. The number of pyridine rings is 1. The first-order chi connectivity index (χ1) is 16.3. The summed E-state index contributed by atoms with van der Waals surface area (Å²) < 4.78 is 7.96. The molecule has 34 heavy (non-hydrogen) atoms. The molecule has 4 aromatic rings. The molecule has 2 aromatic carbocycles. The monoisotopic (exact) mass is 456 g/mol. The van der Waals surface area contributed by atoms with Crippen LogP contribution in [0, 0.1) is 19.8 Å². The third-order valence-corrected chi connectivity index (χ3v) is 6.76.